The molecule has 4 aliphatic carbocycles. The van der Waals surface area contributed by atoms with Gasteiger partial charge >= 0.3 is 0 Å². The van der Waals surface area contributed by atoms with Crippen molar-refractivity contribution in [2.75, 3.05) is 9.80 Å². The highest BCUT2D eigenvalue weighted by atomic mass is 15.1. The van der Waals surface area contributed by atoms with E-state index in [0.29, 0.717) is 0 Å². The zero-order valence-electron chi connectivity index (χ0n) is 56.1. The van der Waals surface area contributed by atoms with Crippen LogP contribution in [-0.4, -0.2) is 0 Å². The van der Waals surface area contributed by atoms with Crippen molar-refractivity contribution in [2.45, 2.75) is 129 Å². The fourth-order valence-corrected chi connectivity index (χ4v) is 15.9. The third-order valence-electron chi connectivity index (χ3n) is 21.4. The molecule has 0 N–H and O–H groups in total. The summed E-state index contributed by atoms with van der Waals surface area (Å²) in [7, 11) is 0. The summed E-state index contributed by atoms with van der Waals surface area (Å²) in [6.07, 6.45) is 9.05. The molecule has 2 heteroatoms. The van der Waals surface area contributed by atoms with Crippen molar-refractivity contribution < 1.29 is 0 Å². The summed E-state index contributed by atoms with van der Waals surface area (Å²) < 4.78 is 0. The maximum absolute atomic E-state index is 2.47. The van der Waals surface area contributed by atoms with Gasteiger partial charge in [-0.25, -0.2) is 0 Å². The first kappa shape index (κ1) is 58.8. The summed E-state index contributed by atoms with van der Waals surface area (Å²) in [5.74, 6) is 0. The van der Waals surface area contributed by atoms with Gasteiger partial charge in [0.25, 0.3) is 0 Å². The van der Waals surface area contributed by atoms with E-state index in [4.69, 9.17) is 0 Å². The second-order valence-corrected chi connectivity index (χ2v) is 30.7. The Hall–Kier alpha value is -9.50. The van der Waals surface area contributed by atoms with Gasteiger partial charge in [0.05, 0.1) is 0 Å². The Labute approximate surface area is 547 Å². The van der Waals surface area contributed by atoms with Gasteiger partial charge in [-0.05, 0) is 206 Å². The number of nitrogens with zero attached hydrogens (tertiary/aromatic N) is 2. The number of rotatable bonds is 10. The summed E-state index contributed by atoms with van der Waals surface area (Å²) in [5, 5.41) is 0. The van der Waals surface area contributed by atoms with E-state index in [1.165, 1.54) is 145 Å². The molecule has 0 aliphatic heterocycles. The second kappa shape index (κ2) is 21.0. The van der Waals surface area contributed by atoms with Gasteiger partial charge < -0.3 is 9.80 Å². The van der Waals surface area contributed by atoms with Crippen molar-refractivity contribution in [3.63, 3.8) is 0 Å². The van der Waals surface area contributed by atoms with E-state index >= 15 is 0 Å². The van der Waals surface area contributed by atoms with Gasteiger partial charge in [0, 0.05) is 55.8 Å². The van der Waals surface area contributed by atoms with Crippen molar-refractivity contribution in [1.82, 2.24) is 0 Å². The first-order valence-corrected chi connectivity index (χ1v) is 33.2. The van der Waals surface area contributed by atoms with Gasteiger partial charge in [-0.15, -0.1) is 0 Å². The van der Waals surface area contributed by atoms with E-state index in [2.05, 4.69) is 362 Å². The quantitative estimate of drug-likeness (QED) is 0.126. The predicted octanol–water partition coefficient (Wildman–Crippen LogP) is 24.8. The van der Waals surface area contributed by atoms with Crippen LogP contribution in [0.5, 0.6) is 0 Å². The lowest BCUT2D eigenvalue weighted by Crippen LogP contribution is -2.18. The summed E-state index contributed by atoms with van der Waals surface area (Å²) in [6, 6.07) is 87.9. The number of fused-ring (bicyclic) bond motifs is 12. The van der Waals surface area contributed by atoms with Crippen molar-refractivity contribution in [1.29, 1.82) is 0 Å². The van der Waals surface area contributed by atoms with E-state index in [1.807, 2.05) is 0 Å². The summed E-state index contributed by atoms with van der Waals surface area (Å²) in [5.41, 5.74) is 35.5. The van der Waals surface area contributed by atoms with E-state index < -0.39 is 0 Å². The molecule has 0 bridgehead atoms. The molecular formula is C90H84N2. The summed E-state index contributed by atoms with van der Waals surface area (Å²) in [6.45, 7) is 32.8. The molecule has 454 valence electrons. The standard InChI is InChI=1S/C90H84N2/c1-85(2,3)61-33-37-63(38-34-61)91(65-41-47-73-69-19-15-17-21-77(69)87(7,8)81(73)53-65)67-43-49-75-71-45-31-59(51-79(71)89(11,12)83(75)55-67)29-27-57-23-25-58(26-24-57)28-30-60-32-46-72-76-50-44-68(56-84(76)90(13,14)80(72)52-60)92(64-39-35-62(36-40-64)86(4,5)6)66-42-48-74-70-20-16-18-22-78(70)88(9,10)82(74)54-66/h15-56H,1-14H3/b29-27+,30-28+. The minimum absolute atomic E-state index is 0.0579. The second-order valence-electron chi connectivity index (χ2n) is 30.7. The van der Waals surface area contributed by atoms with Crippen LogP contribution in [0.1, 0.15) is 175 Å². The molecule has 15 rings (SSSR count). The lowest BCUT2D eigenvalue weighted by Gasteiger charge is -2.30. The fourth-order valence-electron chi connectivity index (χ4n) is 15.9. The molecule has 0 aromatic heterocycles. The highest BCUT2D eigenvalue weighted by Crippen LogP contribution is 2.56. The molecule has 11 aromatic rings. The predicted molar refractivity (Wildman–Crippen MR) is 394 cm³/mol. The minimum atomic E-state index is -0.207. The van der Waals surface area contributed by atoms with Gasteiger partial charge in [0.15, 0.2) is 0 Å². The SMILES string of the molecule is CC(C)(C)c1ccc(N(c2ccc3c(c2)C(C)(C)c2ccccc2-3)c2ccc3c(c2)C(C)(C)c2cc(/C=C/c4ccc(/C=C/c5ccc6c(c5)C(C)(C)c5cc(N(c7ccc(C(C)(C)C)cc7)c7ccc8c(c7)C(C)(C)c7ccccc7-8)ccc5-6)cc4)ccc2-3)cc1. The highest BCUT2D eigenvalue weighted by Gasteiger charge is 2.41. The van der Waals surface area contributed by atoms with Crippen LogP contribution in [0.25, 0.3) is 68.8 Å². The summed E-state index contributed by atoms with van der Waals surface area (Å²) >= 11 is 0. The van der Waals surface area contributed by atoms with Crippen LogP contribution in [0.3, 0.4) is 0 Å². The number of hydrogen-bond acceptors (Lipinski definition) is 2. The Balaban J connectivity index is 0.665. The van der Waals surface area contributed by atoms with E-state index in [0.717, 1.165) is 11.4 Å². The lowest BCUT2D eigenvalue weighted by atomic mass is 9.81. The fraction of sp³-hybridized carbons (Fsp3) is 0.222. The van der Waals surface area contributed by atoms with Crippen LogP contribution in [-0.2, 0) is 32.5 Å². The van der Waals surface area contributed by atoms with Gasteiger partial charge in [-0.2, -0.15) is 0 Å². The molecular weight excluding hydrogens is 1110 g/mol. The Morgan fingerprint density at radius 1 is 0.228 bits per heavy atom. The highest BCUT2D eigenvalue weighted by molar-refractivity contribution is 5.92. The number of anilines is 6. The monoisotopic (exact) mass is 1190 g/mol. The zero-order valence-corrected chi connectivity index (χ0v) is 56.1. The van der Waals surface area contributed by atoms with Crippen LogP contribution in [0, 0.1) is 0 Å². The van der Waals surface area contributed by atoms with Gasteiger partial charge in [0.2, 0.25) is 0 Å². The maximum Gasteiger partial charge on any atom is 0.0465 e. The van der Waals surface area contributed by atoms with Crippen LogP contribution >= 0.6 is 0 Å². The Morgan fingerprint density at radius 2 is 0.457 bits per heavy atom. The third-order valence-corrected chi connectivity index (χ3v) is 21.4. The first-order chi connectivity index (χ1) is 43.8. The molecule has 0 saturated carbocycles. The maximum atomic E-state index is 2.47. The topological polar surface area (TPSA) is 6.48 Å². The molecule has 0 saturated heterocycles. The lowest BCUT2D eigenvalue weighted by molar-refractivity contribution is 0.590. The summed E-state index contributed by atoms with van der Waals surface area (Å²) in [4.78, 5) is 4.94. The Morgan fingerprint density at radius 3 is 0.761 bits per heavy atom. The molecule has 0 unspecified atom stereocenters. The smallest absolute Gasteiger partial charge is 0.0465 e. The van der Waals surface area contributed by atoms with Gasteiger partial charge in [0.1, 0.15) is 0 Å². The van der Waals surface area contributed by atoms with Crippen LogP contribution in [0.2, 0.25) is 0 Å². The molecule has 11 aromatic carbocycles. The molecule has 0 atom stereocenters. The number of hydrogen-bond donors (Lipinski definition) is 0. The van der Waals surface area contributed by atoms with Gasteiger partial charge in [-0.3, -0.25) is 0 Å². The molecule has 0 radical (unpaired) electrons. The van der Waals surface area contributed by atoms with Crippen LogP contribution in [0.15, 0.2) is 231 Å². The zero-order chi connectivity index (χ0) is 64.0. The van der Waals surface area contributed by atoms with E-state index in [9.17, 15) is 0 Å². The molecule has 0 heterocycles. The average molecular weight is 1190 g/mol. The molecule has 0 spiro atoms. The molecule has 2 nitrogen and oxygen atoms in total. The third kappa shape index (κ3) is 9.58. The minimum Gasteiger partial charge on any atom is -0.310 e. The van der Waals surface area contributed by atoms with Crippen molar-refractivity contribution in [3.05, 3.63) is 308 Å². The molecule has 0 fully saturated rings. The largest absolute Gasteiger partial charge is 0.310 e. The Bertz CT molecular complexity index is 4540. The number of benzene rings is 11. The van der Waals surface area contributed by atoms with Crippen LogP contribution in [0.4, 0.5) is 34.1 Å². The van der Waals surface area contributed by atoms with E-state index in [1.54, 1.807) is 0 Å². The normalized spacial score (nSPS) is 15.5. The van der Waals surface area contributed by atoms with Crippen molar-refractivity contribution >= 4 is 58.4 Å². The molecule has 92 heavy (non-hydrogen) atoms. The molecule has 0 amide bonds. The van der Waals surface area contributed by atoms with E-state index in [-0.39, 0.29) is 32.5 Å². The van der Waals surface area contributed by atoms with Crippen molar-refractivity contribution in [2.24, 2.45) is 0 Å². The first-order valence-electron chi connectivity index (χ1n) is 33.2. The van der Waals surface area contributed by atoms with Crippen LogP contribution < -0.4 is 9.80 Å². The van der Waals surface area contributed by atoms with Gasteiger partial charge in [-0.1, -0.05) is 279 Å². The van der Waals surface area contributed by atoms with Crippen molar-refractivity contribution in [3.8, 4) is 44.5 Å². The Kier molecular flexibility index (Phi) is 13.4. The average Bonchev–Trinajstić information content (AvgIpc) is 1.51. The molecule has 4 aliphatic rings.